The molecule has 1 atom stereocenters. The van der Waals surface area contributed by atoms with Crippen LogP contribution in [-0.4, -0.2) is 23.2 Å². The van der Waals surface area contributed by atoms with Gasteiger partial charge < -0.3 is 14.8 Å². The maximum atomic E-state index is 14.3. The largest absolute Gasteiger partial charge is 0.493 e. The summed E-state index contributed by atoms with van der Waals surface area (Å²) in [5.74, 6) is 1.13. The van der Waals surface area contributed by atoms with Crippen LogP contribution in [0.1, 0.15) is 33.1 Å². The zero-order chi connectivity index (χ0) is 20.1. The lowest BCUT2D eigenvalue weighted by atomic mass is 10.1. The van der Waals surface area contributed by atoms with E-state index in [2.05, 4.69) is 29.1 Å². The van der Waals surface area contributed by atoms with E-state index >= 15 is 0 Å². The van der Waals surface area contributed by atoms with E-state index in [9.17, 15) is 4.39 Å². The average Bonchev–Trinajstić information content (AvgIpc) is 2.70. The van der Waals surface area contributed by atoms with Gasteiger partial charge in [0.15, 0.2) is 17.3 Å². The first-order chi connectivity index (χ1) is 13.6. The Kier molecular flexibility index (Phi) is 6.52. The third-order valence-electron chi connectivity index (χ3n) is 4.49. The van der Waals surface area contributed by atoms with Gasteiger partial charge in [0, 0.05) is 11.5 Å². The van der Waals surface area contributed by atoms with Crippen molar-refractivity contribution < 1.29 is 13.9 Å². The summed E-state index contributed by atoms with van der Waals surface area (Å²) in [6, 6.07) is 8.39. The van der Waals surface area contributed by atoms with Crippen LogP contribution in [0.5, 0.6) is 11.5 Å². The molecule has 1 N–H and O–H groups in total. The van der Waals surface area contributed by atoms with E-state index in [4.69, 9.17) is 21.1 Å². The summed E-state index contributed by atoms with van der Waals surface area (Å²) in [5.41, 5.74) is 0.905. The first kappa shape index (κ1) is 20.1. The fraction of sp³-hybridized carbons (Fsp3) is 0.333. The van der Waals surface area contributed by atoms with Gasteiger partial charge in [0.2, 0.25) is 0 Å². The van der Waals surface area contributed by atoms with Gasteiger partial charge in [0.05, 0.1) is 29.4 Å². The summed E-state index contributed by atoms with van der Waals surface area (Å²) < 4.78 is 25.9. The fourth-order valence-electron chi connectivity index (χ4n) is 2.99. The average molecular weight is 404 g/mol. The Bertz CT molecular complexity index is 968. The first-order valence-corrected chi connectivity index (χ1v) is 9.65. The van der Waals surface area contributed by atoms with Gasteiger partial charge in [-0.2, -0.15) is 0 Å². The van der Waals surface area contributed by atoms with E-state index in [1.54, 1.807) is 25.3 Å². The molecule has 28 heavy (non-hydrogen) atoms. The number of hydrogen-bond acceptors (Lipinski definition) is 5. The molecule has 0 unspecified atom stereocenters. The molecule has 0 saturated carbocycles. The number of halogens is 2. The molecule has 3 aromatic rings. The molecule has 0 bridgehead atoms. The number of nitrogens with one attached hydrogen (secondary N) is 1. The van der Waals surface area contributed by atoms with Gasteiger partial charge in [0.25, 0.3) is 0 Å². The third kappa shape index (κ3) is 4.28. The fourth-order valence-corrected chi connectivity index (χ4v) is 3.17. The predicted octanol–water partition coefficient (Wildman–Crippen LogP) is 6.13. The summed E-state index contributed by atoms with van der Waals surface area (Å²) in [4.78, 5) is 8.59. The Morgan fingerprint density at radius 3 is 2.71 bits per heavy atom. The first-order valence-electron chi connectivity index (χ1n) is 9.27. The Balaban J connectivity index is 2.01. The van der Waals surface area contributed by atoms with Crippen LogP contribution in [0.25, 0.3) is 10.9 Å². The van der Waals surface area contributed by atoms with Gasteiger partial charge in [-0.05, 0) is 31.0 Å². The number of hydrogen-bond donors (Lipinski definition) is 1. The zero-order valence-corrected chi connectivity index (χ0v) is 16.9. The van der Waals surface area contributed by atoms with Crippen molar-refractivity contribution in [2.24, 2.45) is 0 Å². The highest BCUT2D eigenvalue weighted by atomic mass is 35.5. The van der Waals surface area contributed by atoms with Gasteiger partial charge in [-0.1, -0.05) is 37.9 Å². The molecule has 5 nitrogen and oxygen atoms in total. The molecule has 148 valence electrons. The van der Waals surface area contributed by atoms with Crippen LogP contribution in [0.15, 0.2) is 36.7 Å². The van der Waals surface area contributed by atoms with Crippen molar-refractivity contribution in [3.63, 3.8) is 0 Å². The van der Waals surface area contributed by atoms with Crippen molar-refractivity contribution in [2.45, 2.75) is 39.2 Å². The number of nitrogens with zero attached hydrogens (tertiary/aromatic N) is 2. The molecule has 0 aliphatic heterocycles. The Morgan fingerprint density at radius 1 is 1.18 bits per heavy atom. The second-order valence-corrected chi connectivity index (χ2v) is 6.81. The molecule has 0 amide bonds. The van der Waals surface area contributed by atoms with Gasteiger partial charge in [-0.25, -0.2) is 14.4 Å². The van der Waals surface area contributed by atoms with E-state index in [1.807, 2.05) is 6.07 Å². The summed E-state index contributed by atoms with van der Waals surface area (Å²) in [5, 5.41) is 3.72. The molecule has 7 heteroatoms. The molecule has 2 aromatic carbocycles. The highest BCUT2D eigenvalue weighted by Gasteiger charge is 2.16. The topological polar surface area (TPSA) is 56.3 Å². The van der Waals surface area contributed by atoms with Gasteiger partial charge in [-0.15, -0.1) is 0 Å². The van der Waals surface area contributed by atoms with E-state index in [-0.39, 0.29) is 16.8 Å². The monoisotopic (exact) mass is 403 g/mol. The summed E-state index contributed by atoms with van der Waals surface area (Å²) in [6.45, 7) is 4.22. The van der Waals surface area contributed by atoms with Crippen molar-refractivity contribution in [3.05, 3.63) is 47.5 Å². The molecule has 0 saturated heterocycles. The number of fused-ring (bicyclic) bond motifs is 1. The Hall–Kier alpha value is -2.60. The molecule has 0 fully saturated rings. The van der Waals surface area contributed by atoms with Crippen LogP contribution in [0, 0.1) is 5.82 Å². The van der Waals surface area contributed by atoms with E-state index in [0.717, 1.165) is 19.3 Å². The minimum Gasteiger partial charge on any atom is -0.493 e. The Labute approximate surface area is 168 Å². The van der Waals surface area contributed by atoms with Gasteiger partial charge >= 0.3 is 0 Å². The van der Waals surface area contributed by atoms with Crippen molar-refractivity contribution in [1.29, 1.82) is 0 Å². The maximum Gasteiger partial charge on any atom is 0.165 e. The number of benzene rings is 2. The lowest BCUT2D eigenvalue weighted by Crippen LogP contribution is -2.15. The summed E-state index contributed by atoms with van der Waals surface area (Å²) in [6.07, 6.45) is 4.43. The number of methoxy groups -OCH3 is 1. The van der Waals surface area contributed by atoms with Crippen LogP contribution < -0.4 is 14.8 Å². The molecule has 0 aliphatic rings. The summed E-state index contributed by atoms with van der Waals surface area (Å²) >= 11 is 5.87. The molecule has 0 radical (unpaired) electrons. The summed E-state index contributed by atoms with van der Waals surface area (Å²) in [7, 11) is 1.59. The smallest absolute Gasteiger partial charge is 0.165 e. The second kappa shape index (κ2) is 9.06. The highest BCUT2D eigenvalue weighted by molar-refractivity contribution is 6.31. The molecule has 1 aromatic heterocycles. The van der Waals surface area contributed by atoms with Gasteiger partial charge in [0.1, 0.15) is 12.1 Å². The van der Waals surface area contributed by atoms with Crippen molar-refractivity contribution in [3.8, 4) is 11.5 Å². The lowest BCUT2D eigenvalue weighted by Gasteiger charge is -2.19. The van der Waals surface area contributed by atoms with E-state index in [0.29, 0.717) is 28.2 Å². The molecule has 1 heterocycles. The van der Waals surface area contributed by atoms with Crippen LogP contribution >= 0.6 is 11.6 Å². The molecular weight excluding hydrogens is 381 g/mol. The van der Waals surface area contributed by atoms with Crippen molar-refractivity contribution in [1.82, 2.24) is 9.97 Å². The second-order valence-electron chi connectivity index (χ2n) is 6.41. The number of anilines is 2. The van der Waals surface area contributed by atoms with Crippen LogP contribution in [0.2, 0.25) is 5.02 Å². The SMILES string of the molecule is CCC[C@H](CC)Oc1cc2ncnc(Nc3cccc(Cl)c3F)c2cc1OC. The number of ether oxygens (including phenoxy) is 2. The quantitative estimate of drug-likeness (QED) is 0.490. The lowest BCUT2D eigenvalue weighted by molar-refractivity contribution is 0.178. The molecule has 0 aliphatic carbocycles. The van der Waals surface area contributed by atoms with E-state index in [1.165, 1.54) is 12.4 Å². The normalized spacial score (nSPS) is 12.0. The number of rotatable bonds is 8. The van der Waals surface area contributed by atoms with Crippen LogP contribution in [0.4, 0.5) is 15.9 Å². The van der Waals surface area contributed by atoms with Crippen molar-refractivity contribution >= 4 is 34.0 Å². The Morgan fingerprint density at radius 2 is 2.00 bits per heavy atom. The molecule has 3 rings (SSSR count). The highest BCUT2D eigenvalue weighted by Crippen LogP contribution is 2.36. The van der Waals surface area contributed by atoms with Crippen molar-refractivity contribution in [2.75, 3.05) is 12.4 Å². The number of aromatic nitrogens is 2. The standard InChI is InChI=1S/C21H23ClFN3O2/c1-4-7-13(5-2)28-19-11-17-14(10-18(19)27-3)21(25-12-24-17)26-16-9-6-8-15(22)20(16)23/h6,8-13H,4-5,7H2,1-3H3,(H,24,25,26)/t13-/m0/s1. The zero-order valence-electron chi connectivity index (χ0n) is 16.1. The van der Waals surface area contributed by atoms with Crippen LogP contribution in [0.3, 0.4) is 0 Å². The third-order valence-corrected chi connectivity index (χ3v) is 4.78. The molecular formula is C21H23ClFN3O2. The van der Waals surface area contributed by atoms with Gasteiger partial charge in [-0.3, -0.25) is 0 Å². The van der Waals surface area contributed by atoms with E-state index < -0.39 is 5.82 Å². The minimum absolute atomic E-state index is 0.0400. The van der Waals surface area contributed by atoms with Crippen LogP contribution in [-0.2, 0) is 0 Å². The molecule has 0 spiro atoms. The predicted molar refractivity (Wildman–Crippen MR) is 110 cm³/mol. The minimum atomic E-state index is -0.534. The maximum absolute atomic E-state index is 14.3.